The summed E-state index contributed by atoms with van der Waals surface area (Å²) in [5, 5.41) is 15.1. The lowest BCUT2D eigenvalue weighted by Gasteiger charge is -2.35. The van der Waals surface area contributed by atoms with E-state index in [2.05, 4.69) is 35.0 Å². The molecule has 0 aliphatic carbocycles. The molecule has 6 aromatic rings. The summed E-state index contributed by atoms with van der Waals surface area (Å²) in [6.45, 7) is 3.81. The molecule has 246 valence electrons. The van der Waals surface area contributed by atoms with Gasteiger partial charge in [-0.3, -0.25) is 19.8 Å². The molecule has 2 aliphatic rings. The lowest BCUT2D eigenvalue weighted by atomic mass is 9.93. The van der Waals surface area contributed by atoms with E-state index in [0.29, 0.717) is 35.9 Å². The number of nitrogens with one attached hydrogen (secondary N) is 1. The largest absolute Gasteiger partial charge is 0.508 e. The van der Waals surface area contributed by atoms with Gasteiger partial charge in [0, 0.05) is 88.7 Å². The number of carbonyl (C=O) groups excluding carboxylic acids is 2. The Bertz CT molecular complexity index is 2240. The number of aromatic nitrogens is 2. The van der Waals surface area contributed by atoms with Crippen molar-refractivity contribution in [3.63, 3.8) is 0 Å². The molecule has 0 bridgehead atoms. The molecule has 2 atom stereocenters. The van der Waals surface area contributed by atoms with Crippen LogP contribution in [0.15, 0.2) is 109 Å². The minimum absolute atomic E-state index is 0.0411. The van der Waals surface area contributed by atoms with Gasteiger partial charge in [0.05, 0.1) is 0 Å². The highest BCUT2D eigenvalue weighted by molar-refractivity contribution is 6.31. The Morgan fingerprint density at radius 2 is 1.67 bits per heavy atom. The Hall–Kier alpha value is -5.31. The van der Waals surface area contributed by atoms with Crippen molar-refractivity contribution in [2.24, 2.45) is 7.05 Å². The number of aryl methyl sites for hydroxylation is 1. The average Bonchev–Trinajstić information content (AvgIpc) is 3.71. The molecule has 0 saturated heterocycles. The minimum atomic E-state index is -0.667. The molecule has 1 unspecified atom stereocenters. The van der Waals surface area contributed by atoms with E-state index in [-0.39, 0.29) is 23.6 Å². The van der Waals surface area contributed by atoms with Crippen LogP contribution in [0.2, 0.25) is 5.02 Å². The molecular formula is C40H36ClN5O3. The average molecular weight is 670 g/mol. The number of aromatic hydroxyl groups is 1. The van der Waals surface area contributed by atoms with Gasteiger partial charge in [0.2, 0.25) is 0 Å². The van der Waals surface area contributed by atoms with E-state index in [0.717, 1.165) is 40.0 Å². The van der Waals surface area contributed by atoms with Crippen molar-refractivity contribution in [2.45, 2.75) is 38.5 Å². The first-order chi connectivity index (χ1) is 23.8. The van der Waals surface area contributed by atoms with Gasteiger partial charge in [-0.25, -0.2) is 0 Å². The second kappa shape index (κ2) is 12.3. The molecule has 0 radical (unpaired) electrons. The van der Waals surface area contributed by atoms with Gasteiger partial charge in [0.25, 0.3) is 11.8 Å². The summed E-state index contributed by atoms with van der Waals surface area (Å²) in [5.74, 6) is -0.0747. The number of phenolic OH excluding ortho intramolecular Hbond substituents is 1. The molecule has 4 aromatic carbocycles. The molecule has 2 aromatic heterocycles. The Morgan fingerprint density at radius 1 is 0.898 bits per heavy atom. The Labute approximate surface area is 289 Å². The van der Waals surface area contributed by atoms with E-state index in [1.807, 2.05) is 77.3 Å². The lowest BCUT2D eigenvalue weighted by molar-refractivity contribution is -0.120. The highest BCUT2D eigenvalue weighted by atomic mass is 35.5. The molecule has 0 saturated carbocycles. The van der Waals surface area contributed by atoms with Gasteiger partial charge >= 0.3 is 0 Å². The number of phenols is 1. The number of halogens is 1. The first-order valence-corrected chi connectivity index (χ1v) is 16.9. The molecule has 49 heavy (non-hydrogen) atoms. The number of anilines is 2. The van der Waals surface area contributed by atoms with Crippen LogP contribution in [0.3, 0.4) is 0 Å². The molecule has 2 aliphatic heterocycles. The highest BCUT2D eigenvalue weighted by Crippen LogP contribution is 2.37. The zero-order chi connectivity index (χ0) is 33.8. The lowest BCUT2D eigenvalue weighted by Crippen LogP contribution is -2.44. The molecule has 2 N–H and O–H groups in total. The smallest absolute Gasteiger partial charge is 0.255 e. The maximum atomic E-state index is 14.7. The zero-order valence-corrected chi connectivity index (χ0v) is 28.1. The van der Waals surface area contributed by atoms with E-state index in [9.17, 15) is 14.7 Å². The van der Waals surface area contributed by atoms with Gasteiger partial charge in [-0.15, -0.1) is 0 Å². The van der Waals surface area contributed by atoms with E-state index < -0.39 is 6.04 Å². The number of rotatable bonds is 5. The molecule has 4 heterocycles. The van der Waals surface area contributed by atoms with Crippen LogP contribution in [0.4, 0.5) is 11.4 Å². The van der Waals surface area contributed by atoms with Gasteiger partial charge in [-0.05, 0) is 103 Å². The number of fused-ring (bicyclic) bond motifs is 3. The van der Waals surface area contributed by atoms with Crippen molar-refractivity contribution >= 4 is 45.7 Å². The molecular weight excluding hydrogens is 634 g/mol. The van der Waals surface area contributed by atoms with Gasteiger partial charge in [0.1, 0.15) is 11.8 Å². The predicted molar refractivity (Wildman–Crippen MR) is 193 cm³/mol. The van der Waals surface area contributed by atoms with Crippen LogP contribution in [-0.4, -0.2) is 43.5 Å². The first-order valence-electron chi connectivity index (χ1n) is 16.6. The van der Waals surface area contributed by atoms with Crippen molar-refractivity contribution in [3.8, 4) is 17.0 Å². The third kappa shape index (κ3) is 5.47. The van der Waals surface area contributed by atoms with Crippen LogP contribution in [0, 0.1) is 0 Å². The maximum absolute atomic E-state index is 14.7. The summed E-state index contributed by atoms with van der Waals surface area (Å²) < 4.78 is 4.18. The Kier molecular flexibility index (Phi) is 7.77. The number of benzene rings is 4. The standard InChI is InChI=1S/C40H36ClN5O3/c1-25-21-26-5-3-4-6-28(26)24-45(25)39(48)33-13-7-29(41)23-34(33)36-15-16-37-38(42-18-20-44(36)37)40(49)46(30-8-11-32(47)12-9-30)31-10-14-35-27(22-31)17-19-43(35)2/h3-17,19,22-23,25,38,42,47H,18,20-21,24H2,1-2H3/t25-,38?/m1/s1. The zero-order valence-electron chi connectivity index (χ0n) is 27.3. The fraction of sp³-hybridized carbons (Fsp3) is 0.200. The van der Waals surface area contributed by atoms with Crippen molar-refractivity contribution in [2.75, 3.05) is 11.4 Å². The van der Waals surface area contributed by atoms with Crippen molar-refractivity contribution in [3.05, 3.63) is 137 Å². The number of nitrogens with zero attached hydrogens (tertiary/aromatic N) is 4. The Balaban J connectivity index is 1.17. The number of hydrogen-bond acceptors (Lipinski definition) is 4. The van der Waals surface area contributed by atoms with Gasteiger partial charge in [-0.2, -0.15) is 0 Å². The fourth-order valence-electron chi connectivity index (χ4n) is 7.42. The van der Waals surface area contributed by atoms with E-state index >= 15 is 0 Å². The fourth-order valence-corrected chi connectivity index (χ4v) is 7.59. The summed E-state index contributed by atoms with van der Waals surface area (Å²) in [6, 6.07) is 31.8. The normalized spacial score (nSPS) is 17.1. The van der Waals surface area contributed by atoms with Crippen molar-refractivity contribution in [1.82, 2.24) is 19.4 Å². The monoisotopic (exact) mass is 669 g/mol. The summed E-state index contributed by atoms with van der Waals surface area (Å²) in [6.07, 6.45) is 2.80. The quantitative estimate of drug-likeness (QED) is 0.198. The van der Waals surface area contributed by atoms with Crippen LogP contribution in [0.1, 0.15) is 40.1 Å². The first kappa shape index (κ1) is 31.0. The van der Waals surface area contributed by atoms with Gasteiger partial charge < -0.3 is 19.1 Å². The van der Waals surface area contributed by atoms with Crippen LogP contribution < -0.4 is 10.2 Å². The predicted octanol–water partition coefficient (Wildman–Crippen LogP) is 7.60. The molecule has 9 heteroatoms. The molecule has 8 rings (SSSR count). The van der Waals surface area contributed by atoms with E-state index in [4.69, 9.17) is 11.6 Å². The third-order valence-corrected chi connectivity index (χ3v) is 10.2. The number of hydrogen-bond donors (Lipinski definition) is 2. The SMILES string of the molecule is C[C@@H]1Cc2ccccc2CN1C(=O)c1ccc(Cl)cc1-c1ccc2n1CCNC2C(=O)N(c1ccc(O)cc1)c1ccc2c(ccn2C)c1. The molecule has 0 spiro atoms. The van der Waals surface area contributed by atoms with Crippen LogP contribution in [0.5, 0.6) is 5.75 Å². The maximum Gasteiger partial charge on any atom is 0.255 e. The van der Waals surface area contributed by atoms with Crippen LogP contribution in [0.25, 0.3) is 22.2 Å². The minimum Gasteiger partial charge on any atom is -0.508 e. The second-order valence-electron chi connectivity index (χ2n) is 13.0. The topological polar surface area (TPSA) is 82.7 Å². The highest BCUT2D eigenvalue weighted by Gasteiger charge is 2.35. The molecule has 2 amide bonds. The van der Waals surface area contributed by atoms with E-state index in [1.165, 1.54) is 11.1 Å². The summed E-state index contributed by atoms with van der Waals surface area (Å²) in [4.78, 5) is 32.6. The number of amides is 2. The van der Waals surface area contributed by atoms with Crippen molar-refractivity contribution in [1.29, 1.82) is 0 Å². The molecule has 0 fully saturated rings. The summed E-state index contributed by atoms with van der Waals surface area (Å²) in [7, 11) is 1.99. The molecule has 8 nitrogen and oxygen atoms in total. The van der Waals surface area contributed by atoms with E-state index in [1.54, 1.807) is 35.2 Å². The number of carbonyl (C=O) groups is 2. The van der Waals surface area contributed by atoms with Gasteiger partial charge in [0.15, 0.2) is 0 Å². The summed E-state index contributed by atoms with van der Waals surface area (Å²) >= 11 is 6.59. The third-order valence-electron chi connectivity index (χ3n) is 9.95. The summed E-state index contributed by atoms with van der Waals surface area (Å²) in [5.41, 5.74) is 7.84. The van der Waals surface area contributed by atoms with Crippen LogP contribution >= 0.6 is 11.6 Å². The second-order valence-corrected chi connectivity index (χ2v) is 13.4. The van der Waals surface area contributed by atoms with Gasteiger partial charge in [-0.1, -0.05) is 35.9 Å². The van der Waals surface area contributed by atoms with Crippen molar-refractivity contribution < 1.29 is 14.7 Å². The van der Waals surface area contributed by atoms with Crippen LogP contribution in [-0.2, 0) is 31.4 Å². The Morgan fingerprint density at radius 3 is 2.49 bits per heavy atom.